The van der Waals surface area contributed by atoms with Crippen LogP contribution < -0.4 is 0 Å². The van der Waals surface area contributed by atoms with Crippen LogP contribution in [0.1, 0.15) is 19.8 Å². The molecule has 1 aliphatic rings. The summed E-state index contributed by atoms with van der Waals surface area (Å²) in [6.07, 6.45) is 2.52. The predicted molar refractivity (Wildman–Crippen MR) is 62.4 cm³/mol. The van der Waals surface area contributed by atoms with Crippen LogP contribution in [0.15, 0.2) is 11.8 Å². The van der Waals surface area contributed by atoms with E-state index in [4.69, 9.17) is 9.47 Å². The average molecular weight is 241 g/mol. The lowest BCUT2D eigenvalue weighted by Crippen LogP contribution is -2.28. The summed E-state index contributed by atoms with van der Waals surface area (Å²) >= 11 is 0. The number of rotatable bonds is 5. The number of ether oxygens (including phenoxy) is 2. The molecular weight excluding hydrogens is 222 g/mol. The molecule has 96 valence electrons. The molecule has 0 amide bonds. The smallest absolute Gasteiger partial charge is 0.343 e. The van der Waals surface area contributed by atoms with Crippen LogP contribution >= 0.6 is 0 Å². The van der Waals surface area contributed by atoms with Crippen molar-refractivity contribution in [2.45, 2.75) is 25.9 Å². The van der Waals surface area contributed by atoms with Crippen molar-refractivity contribution in [2.24, 2.45) is 0 Å². The van der Waals surface area contributed by atoms with Crippen LogP contribution in [-0.2, 0) is 19.1 Å². The second kappa shape index (κ2) is 6.39. The number of ketones is 1. The van der Waals surface area contributed by atoms with Gasteiger partial charge in [-0.1, -0.05) is 0 Å². The van der Waals surface area contributed by atoms with Crippen molar-refractivity contribution >= 4 is 11.8 Å². The molecule has 0 aromatic heterocycles. The molecule has 1 aliphatic heterocycles. The van der Waals surface area contributed by atoms with Crippen LogP contribution in [0.2, 0.25) is 0 Å². The van der Waals surface area contributed by atoms with Gasteiger partial charge in [-0.2, -0.15) is 0 Å². The fourth-order valence-electron chi connectivity index (χ4n) is 1.64. The molecule has 5 heteroatoms. The van der Waals surface area contributed by atoms with Crippen molar-refractivity contribution in [3.63, 3.8) is 0 Å². The lowest BCUT2D eigenvalue weighted by molar-refractivity contribution is -0.141. The molecule has 0 aromatic carbocycles. The van der Waals surface area contributed by atoms with Crippen LogP contribution in [0.5, 0.6) is 0 Å². The first-order chi connectivity index (χ1) is 8.06. The summed E-state index contributed by atoms with van der Waals surface area (Å²) in [7, 11) is 3.50. The third kappa shape index (κ3) is 3.85. The maximum absolute atomic E-state index is 12.1. The summed E-state index contributed by atoms with van der Waals surface area (Å²) < 4.78 is 10.2. The average Bonchev–Trinajstić information content (AvgIpc) is 2.78. The van der Waals surface area contributed by atoms with Crippen LogP contribution in [0, 0.1) is 0 Å². The van der Waals surface area contributed by atoms with Crippen LogP contribution in [0.4, 0.5) is 0 Å². The van der Waals surface area contributed by atoms with E-state index in [0.29, 0.717) is 13.0 Å². The zero-order valence-electron chi connectivity index (χ0n) is 10.6. The number of hydrogen-bond acceptors (Lipinski definition) is 5. The summed E-state index contributed by atoms with van der Waals surface area (Å²) in [6, 6.07) is 0. The molecule has 0 radical (unpaired) electrons. The molecule has 0 aliphatic carbocycles. The van der Waals surface area contributed by atoms with Gasteiger partial charge in [-0.25, -0.2) is 4.79 Å². The normalized spacial score (nSPS) is 20.2. The maximum atomic E-state index is 12.1. The summed E-state index contributed by atoms with van der Waals surface area (Å²) in [5, 5.41) is 0. The van der Waals surface area contributed by atoms with Gasteiger partial charge >= 0.3 is 5.97 Å². The second-order valence-electron chi connectivity index (χ2n) is 4.09. The number of carbonyl (C=O) groups is 2. The second-order valence-corrected chi connectivity index (χ2v) is 4.09. The van der Waals surface area contributed by atoms with E-state index >= 15 is 0 Å². The van der Waals surface area contributed by atoms with Gasteiger partial charge in [0.1, 0.15) is 11.7 Å². The van der Waals surface area contributed by atoms with Crippen molar-refractivity contribution in [2.75, 3.05) is 27.3 Å². The van der Waals surface area contributed by atoms with Crippen molar-refractivity contribution in [1.29, 1.82) is 0 Å². The fraction of sp³-hybridized carbons (Fsp3) is 0.667. The maximum Gasteiger partial charge on any atom is 0.343 e. The monoisotopic (exact) mass is 241 g/mol. The Morgan fingerprint density at radius 3 is 2.65 bits per heavy atom. The van der Waals surface area contributed by atoms with Gasteiger partial charge < -0.3 is 14.4 Å². The van der Waals surface area contributed by atoms with Crippen molar-refractivity contribution in [3.05, 3.63) is 11.8 Å². The summed E-state index contributed by atoms with van der Waals surface area (Å²) in [5.41, 5.74) is 0.0590. The molecule has 0 saturated carbocycles. The highest BCUT2D eigenvalue weighted by Gasteiger charge is 2.30. The molecule has 1 saturated heterocycles. The standard InChI is InChI=1S/C12H19NO4/c1-4-16-12(15)9(8-13(2)3)11(14)10-6-5-7-17-10/h8,10H,4-7H2,1-3H3/b9-8-. The van der Waals surface area contributed by atoms with E-state index in [0.717, 1.165) is 6.42 Å². The van der Waals surface area contributed by atoms with Gasteiger partial charge in [0.2, 0.25) is 0 Å². The Labute approximate surface area is 101 Å². The lowest BCUT2D eigenvalue weighted by atomic mass is 10.1. The molecule has 0 aromatic rings. The molecular formula is C12H19NO4. The molecule has 17 heavy (non-hydrogen) atoms. The Kier molecular flexibility index (Phi) is 5.15. The number of carbonyl (C=O) groups excluding carboxylic acids is 2. The van der Waals surface area contributed by atoms with Gasteiger partial charge in [0.25, 0.3) is 0 Å². The molecule has 0 bridgehead atoms. The van der Waals surface area contributed by atoms with Gasteiger partial charge in [-0.3, -0.25) is 4.79 Å². The Morgan fingerprint density at radius 2 is 2.18 bits per heavy atom. The predicted octanol–water partition coefficient (Wildman–Crippen LogP) is 0.743. The van der Waals surface area contributed by atoms with E-state index in [1.807, 2.05) is 0 Å². The third-order valence-corrected chi connectivity index (χ3v) is 2.37. The van der Waals surface area contributed by atoms with E-state index in [9.17, 15) is 9.59 Å². The minimum absolute atomic E-state index is 0.0590. The fourth-order valence-corrected chi connectivity index (χ4v) is 1.64. The summed E-state index contributed by atoms with van der Waals surface area (Å²) in [4.78, 5) is 25.4. The molecule has 0 spiro atoms. The first-order valence-electron chi connectivity index (χ1n) is 5.77. The molecule has 1 atom stereocenters. The molecule has 1 rings (SSSR count). The molecule has 1 unspecified atom stereocenters. The van der Waals surface area contributed by atoms with Gasteiger partial charge in [0, 0.05) is 26.9 Å². The third-order valence-electron chi connectivity index (χ3n) is 2.37. The highest BCUT2D eigenvalue weighted by Crippen LogP contribution is 2.17. The van der Waals surface area contributed by atoms with E-state index in [1.54, 1.807) is 25.9 Å². The number of hydrogen-bond donors (Lipinski definition) is 0. The Balaban J connectivity index is 2.82. The van der Waals surface area contributed by atoms with Crippen molar-refractivity contribution in [1.82, 2.24) is 4.90 Å². The van der Waals surface area contributed by atoms with Gasteiger partial charge in [0.05, 0.1) is 6.61 Å². The minimum atomic E-state index is -0.582. The van der Waals surface area contributed by atoms with E-state index in [1.165, 1.54) is 6.20 Å². The van der Waals surface area contributed by atoms with Crippen LogP contribution in [0.25, 0.3) is 0 Å². The van der Waals surface area contributed by atoms with E-state index in [2.05, 4.69) is 0 Å². The number of esters is 1. The van der Waals surface area contributed by atoms with Gasteiger partial charge in [0.15, 0.2) is 5.78 Å². The zero-order valence-corrected chi connectivity index (χ0v) is 10.6. The SMILES string of the molecule is CCOC(=O)/C(=C\N(C)C)C(=O)C1CCCO1. The number of nitrogens with zero attached hydrogens (tertiary/aromatic N) is 1. The lowest BCUT2D eigenvalue weighted by Gasteiger charge is -2.13. The summed E-state index contributed by atoms with van der Waals surface area (Å²) in [6.45, 7) is 2.54. The van der Waals surface area contributed by atoms with Crippen molar-refractivity contribution in [3.8, 4) is 0 Å². The topological polar surface area (TPSA) is 55.8 Å². The quantitative estimate of drug-likeness (QED) is 0.307. The van der Waals surface area contributed by atoms with Crippen LogP contribution in [-0.4, -0.2) is 50.1 Å². The first kappa shape index (κ1) is 13.7. The van der Waals surface area contributed by atoms with Crippen LogP contribution in [0.3, 0.4) is 0 Å². The Hall–Kier alpha value is -1.36. The highest BCUT2D eigenvalue weighted by atomic mass is 16.5. The molecule has 1 fully saturated rings. The minimum Gasteiger partial charge on any atom is -0.462 e. The molecule has 5 nitrogen and oxygen atoms in total. The Morgan fingerprint density at radius 1 is 1.47 bits per heavy atom. The molecule has 1 heterocycles. The van der Waals surface area contributed by atoms with Gasteiger partial charge in [-0.15, -0.1) is 0 Å². The largest absolute Gasteiger partial charge is 0.462 e. The first-order valence-corrected chi connectivity index (χ1v) is 5.77. The van der Waals surface area contributed by atoms with Crippen molar-refractivity contribution < 1.29 is 19.1 Å². The van der Waals surface area contributed by atoms with E-state index < -0.39 is 12.1 Å². The summed E-state index contributed by atoms with van der Waals surface area (Å²) in [5.74, 6) is -0.864. The zero-order chi connectivity index (χ0) is 12.8. The molecule has 0 N–H and O–H groups in total. The van der Waals surface area contributed by atoms with Gasteiger partial charge in [-0.05, 0) is 19.8 Å². The highest BCUT2D eigenvalue weighted by molar-refractivity contribution is 6.18. The Bertz CT molecular complexity index is 316. The van der Waals surface area contributed by atoms with E-state index in [-0.39, 0.29) is 18.0 Å². The number of Topliss-reactive ketones (excluding diaryl/α,β-unsaturated/α-hetero) is 1.